The molecule has 0 N–H and O–H groups in total. The summed E-state index contributed by atoms with van der Waals surface area (Å²) in [4.78, 5) is 14.0. The summed E-state index contributed by atoms with van der Waals surface area (Å²) < 4.78 is 33.7. The Kier molecular flexibility index (Phi) is 3.59. The second-order valence-corrected chi connectivity index (χ2v) is 7.28. The van der Waals surface area contributed by atoms with Crippen molar-refractivity contribution < 1.29 is 22.0 Å². The highest BCUT2D eigenvalue weighted by atomic mass is 32.2. The predicted octanol–water partition coefficient (Wildman–Crippen LogP) is 1.70. The molecule has 1 aliphatic rings. The number of furan rings is 2. The third-order valence-electron chi connectivity index (χ3n) is 3.55. The molecule has 3 rings (SSSR count). The number of sulfone groups is 1. The molecule has 0 aliphatic carbocycles. The van der Waals surface area contributed by atoms with E-state index in [0.717, 1.165) is 0 Å². The van der Waals surface area contributed by atoms with E-state index in [1.54, 1.807) is 24.3 Å². The van der Waals surface area contributed by atoms with Gasteiger partial charge in [0.25, 0.3) is 5.91 Å². The molecular formula is C14H15NO5S. The molecule has 3 heterocycles. The summed E-state index contributed by atoms with van der Waals surface area (Å²) >= 11 is 0. The topological polar surface area (TPSA) is 80.7 Å². The second-order valence-electron chi connectivity index (χ2n) is 5.05. The molecule has 7 heteroatoms. The van der Waals surface area contributed by atoms with Crippen LogP contribution in [0.5, 0.6) is 0 Å². The van der Waals surface area contributed by atoms with Crippen LogP contribution in [0, 0.1) is 0 Å². The van der Waals surface area contributed by atoms with E-state index < -0.39 is 9.84 Å². The van der Waals surface area contributed by atoms with Gasteiger partial charge in [-0.25, -0.2) is 8.42 Å². The minimum Gasteiger partial charge on any atom is -0.467 e. The van der Waals surface area contributed by atoms with Gasteiger partial charge in [0.1, 0.15) is 5.76 Å². The van der Waals surface area contributed by atoms with Gasteiger partial charge in [0.05, 0.1) is 30.6 Å². The summed E-state index contributed by atoms with van der Waals surface area (Å²) in [5.74, 6) is 0.585. The number of nitrogens with zero attached hydrogens (tertiary/aromatic N) is 1. The van der Waals surface area contributed by atoms with E-state index >= 15 is 0 Å². The van der Waals surface area contributed by atoms with Crippen molar-refractivity contribution in [1.82, 2.24) is 4.90 Å². The number of carbonyl (C=O) groups is 1. The number of carbonyl (C=O) groups excluding carboxylic acids is 1. The standard InChI is InChI=1S/C14H15NO5S/c16-14(13-4-2-7-20-13)15(9-12-3-1-6-19-12)11-5-8-21(17,18)10-11/h1-4,6-7,11H,5,8-10H2/t11-/m0/s1. The average molecular weight is 309 g/mol. The molecule has 21 heavy (non-hydrogen) atoms. The first-order chi connectivity index (χ1) is 10.1. The second kappa shape index (κ2) is 5.40. The molecule has 112 valence electrons. The van der Waals surface area contributed by atoms with Crippen LogP contribution in [-0.4, -0.2) is 36.8 Å². The molecule has 1 amide bonds. The number of hydrogen-bond acceptors (Lipinski definition) is 5. The summed E-state index contributed by atoms with van der Waals surface area (Å²) in [7, 11) is -3.08. The van der Waals surface area contributed by atoms with Crippen molar-refractivity contribution in [2.24, 2.45) is 0 Å². The van der Waals surface area contributed by atoms with Crippen molar-refractivity contribution in [3.8, 4) is 0 Å². The summed E-state index contributed by atoms with van der Waals surface area (Å²) in [5, 5.41) is 0. The van der Waals surface area contributed by atoms with Crippen molar-refractivity contribution in [3.63, 3.8) is 0 Å². The van der Waals surface area contributed by atoms with Gasteiger partial charge in [0, 0.05) is 6.04 Å². The van der Waals surface area contributed by atoms with Gasteiger partial charge in [0.15, 0.2) is 15.6 Å². The van der Waals surface area contributed by atoms with Gasteiger partial charge in [-0.05, 0) is 30.7 Å². The Bertz CT molecular complexity index is 703. The van der Waals surface area contributed by atoms with E-state index in [2.05, 4.69) is 0 Å². The van der Waals surface area contributed by atoms with Crippen LogP contribution in [0.2, 0.25) is 0 Å². The molecule has 1 aliphatic heterocycles. The van der Waals surface area contributed by atoms with E-state index in [-0.39, 0.29) is 35.8 Å². The molecule has 0 aromatic carbocycles. The third-order valence-corrected chi connectivity index (χ3v) is 5.30. The average Bonchev–Trinajstić information content (AvgIpc) is 3.16. The third kappa shape index (κ3) is 3.02. The molecule has 6 nitrogen and oxygen atoms in total. The van der Waals surface area contributed by atoms with Crippen LogP contribution in [-0.2, 0) is 16.4 Å². The maximum atomic E-state index is 12.5. The Morgan fingerprint density at radius 1 is 1.24 bits per heavy atom. The van der Waals surface area contributed by atoms with E-state index in [9.17, 15) is 13.2 Å². The normalized spacial score (nSPS) is 20.5. The van der Waals surface area contributed by atoms with Crippen molar-refractivity contribution in [3.05, 3.63) is 48.3 Å². The molecule has 1 atom stereocenters. The van der Waals surface area contributed by atoms with Gasteiger partial charge in [0.2, 0.25) is 0 Å². The predicted molar refractivity (Wildman–Crippen MR) is 74.3 cm³/mol. The minimum absolute atomic E-state index is 0.0137. The van der Waals surface area contributed by atoms with E-state index in [1.165, 1.54) is 17.4 Å². The van der Waals surface area contributed by atoms with Crippen LogP contribution in [0.1, 0.15) is 22.7 Å². The Hall–Kier alpha value is -2.02. The van der Waals surface area contributed by atoms with Crippen LogP contribution in [0.25, 0.3) is 0 Å². The minimum atomic E-state index is -3.08. The quantitative estimate of drug-likeness (QED) is 0.858. The fraction of sp³-hybridized carbons (Fsp3) is 0.357. The van der Waals surface area contributed by atoms with Crippen LogP contribution in [0.3, 0.4) is 0 Å². The lowest BCUT2D eigenvalue weighted by atomic mass is 10.2. The molecule has 2 aromatic rings. The molecule has 2 aromatic heterocycles. The maximum Gasteiger partial charge on any atom is 0.290 e. The largest absolute Gasteiger partial charge is 0.467 e. The van der Waals surface area contributed by atoms with Gasteiger partial charge in [-0.2, -0.15) is 0 Å². The van der Waals surface area contributed by atoms with Gasteiger partial charge in [-0.15, -0.1) is 0 Å². The summed E-state index contributed by atoms with van der Waals surface area (Å²) in [6, 6.07) is 6.34. The lowest BCUT2D eigenvalue weighted by molar-refractivity contribution is 0.0633. The Balaban J connectivity index is 1.86. The van der Waals surface area contributed by atoms with Gasteiger partial charge >= 0.3 is 0 Å². The molecule has 1 fully saturated rings. The first-order valence-corrected chi connectivity index (χ1v) is 8.44. The zero-order valence-corrected chi connectivity index (χ0v) is 12.1. The maximum absolute atomic E-state index is 12.5. The Morgan fingerprint density at radius 3 is 2.57 bits per heavy atom. The lowest BCUT2D eigenvalue weighted by Crippen LogP contribution is -2.40. The zero-order valence-electron chi connectivity index (χ0n) is 11.3. The molecule has 0 saturated carbocycles. The number of hydrogen-bond donors (Lipinski definition) is 0. The van der Waals surface area contributed by atoms with Crippen molar-refractivity contribution in [2.75, 3.05) is 11.5 Å². The molecule has 0 spiro atoms. The van der Waals surface area contributed by atoms with Crippen LogP contribution >= 0.6 is 0 Å². The highest BCUT2D eigenvalue weighted by Crippen LogP contribution is 2.22. The fourth-order valence-corrected chi connectivity index (χ4v) is 4.23. The molecule has 1 saturated heterocycles. The molecule has 0 unspecified atom stereocenters. The van der Waals surface area contributed by atoms with Gasteiger partial charge in [-0.1, -0.05) is 0 Å². The molecule has 0 radical (unpaired) electrons. The van der Waals surface area contributed by atoms with E-state index in [1.807, 2.05) is 0 Å². The Labute approximate surface area is 122 Å². The summed E-state index contributed by atoms with van der Waals surface area (Å²) in [5.41, 5.74) is 0. The highest BCUT2D eigenvalue weighted by molar-refractivity contribution is 7.91. The summed E-state index contributed by atoms with van der Waals surface area (Å²) in [6.07, 6.45) is 3.38. The highest BCUT2D eigenvalue weighted by Gasteiger charge is 2.36. The zero-order chi connectivity index (χ0) is 14.9. The lowest BCUT2D eigenvalue weighted by Gasteiger charge is -2.26. The number of amides is 1. The first-order valence-electron chi connectivity index (χ1n) is 6.62. The first kappa shape index (κ1) is 13.9. The van der Waals surface area contributed by atoms with Crippen molar-refractivity contribution >= 4 is 15.7 Å². The fourth-order valence-electron chi connectivity index (χ4n) is 2.50. The molecular weight excluding hydrogens is 294 g/mol. The SMILES string of the molecule is O=C(c1ccco1)N(Cc1ccco1)[C@H]1CCS(=O)(=O)C1. The van der Waals surface area contributed by atoms with Crippen molar-refractivity contribution in [2.45, 2.75) is 19.0 Å². The monoisotopic (exact) mass is 309 g/mol. The van der Waals surface area contributed by atoms with Gasteiger partial charge < -0.3 is 13.7 Å². The van der Waals surface area contributed by atoms with Crippen LogP contribution in [0.4, 0.5) is 0 Å². The summed E-state index contributed by atoms with van der Waals surface area (Å²) in [6.45, 7) is 0.229. The van der Waals surface area contributed by atoms with Crippen LogP contribution < -0.4 is 0 Å². The Morgan fingerprint density at radius 2 is 2.00 bits per heavy atom. The van der Waals surface area contributed by atoms with Gasteiger partial charge in [-0.3, -0.25) is 4.79 Å². The van der Waals surface area contributed by atoms with E-state index in [4.69, 9.17) is 8.83 Å². The van der Waals surface area contributed by atoms with Crippen LogP contribution in [0.15, 0.2) is 45.6 Å². The van der Waals surface area contributed by atoms with E-state index in [0.29, 0.717) is 12.2 Å². The molecule has 0 bridgehead atoms. The van der Waals surface area contributed by atoms with Crippen molar-refractivity contribution in [1.29, 1.82) is 0 Å². The smallest absolute Gasteiger partial charge is 0.290 e. The number of rotatable bonds is 4.